The minimum absolute atomic E-state index is 0.130. The second kappa shape index (κ2) is 9.61. The molecule has 0 bridgehead atoms. The average Bonchev–Trinajstić information content (AvgIpc) is 3.26. The van der Waals surface area contributed by atoms with Crippen LogP contribution in [0.4, 0.5) is 4.39 Å². The van der Waals surface area contributed by atoms with Crippen molar-refractivity contribution in [2.24, 2.45) is 0 Å². The summed E-state index contributed by atoms with van der Waals surface area (Å²) in [6, 6.07) is 10.5. The zero-order chi connectivity index (χ0) is 20.1. The van der Waals surface area contributed by atoms with Crippen LogP contribution >= 0.6 is 11.8 Å². The Morgan fingerprint density at radius 3 is 3.03 bits per heavy atom. The molecule has 5 nitrogen and oxygen atoms in total. The molecule has 1 fully saturated rings. The molecule has 2 heterocycles. The van der Waals surface area contributed by atoms with Crippen LogP contribution in [0.5, 0.6) is 5.75 Å². The zero-order valence-electron chi connectivity index (χ0n) is 16.1. The number of carbonyl (C=O) groups is 1. The fourth-order valence-corrected chi connectivity index (χ4v) is 4.71. The number of halogens is 1. The van der Waals surface area contributed by atoms with Crippen molar-refractivity contribution in [3.8, 4) is 5.75 Å². The Balaban J connectivity index is 1.36. The summed E-state index contributed by atoms with van der Waals surface area (Å²) in [6.07, 6.45) is 2.93. The first kappa shape index (κ1) is 20.2. The Labute approximate surface area is 173 Å². The smallest absolute Gasteiger partial charge is 0.252 e. The molecule has 1 atom stereocenters. The van der Waals surface area contributed by atoms with Gasteiger partial charge in [0.05, 0.1) is 18.3 Å². The summed E-state index contributed by atoms with van der Waals surface area (Å²) in [6.45, 7) is 1.71. The summed E-state index contributed by atoms with van der Waals surface area (Å²) in [4.78, 5) is 13.7. The summed E-state index contributed by atoms with van der Waals surface area (Å²) >= 11 is 1.65. The van der Waals surface area contributed by atoms with Gasteiger partial charge in [0.2, 0.25) is 0 Å². The van der Waals surface area contributed by atoms with Crippen molar-refractivity contribution in [2.75, 3.05) is 25.7 Å². The fraction of sp³-hybridized carbons (Fsp3) is 0.409. The summed E-state index contributed by atoms with van der Waals surface area (Å²) < 4.78 is 30.3. The maximum atomic E-state index is 13.9. The molecule has 2 aliphatic heterocycles. The highest BCUT2D eigenvalue weighted by Crippen LogP contribution is 2.30. The van der Waals surface area contributed by atoms with Crippen LogP contribution in [0, 0.1) is 5.82 Å². The van der Waals surface area contributed by atoms with Gasteiger partial charge in [0.15, 0.2) is 6.79 Å². The molecule has 7 heteroatoms. The predicted octanol–water partition coefficient (Wildman–Crippen LogP) is 3.94. The summed E-state index contributed by atoms with van der Waals surface area (Å²) in [5.41, 5.74) is 2.10. The van der Waals surface area contributed by atoms with Crippen LogP contribution in [-0.2, 0) is 22.5 Å². The van der Waals surface area contributed by atoms with Gasteiger partial charge >= 0.3 is 0 Å². The lowest BCUT2D eigenvalue weighted by atomic mass is 10.1. The minimum Gasteiger partial charge on any atom is -0.467 e. The van der Waals surface area contributed by atoms with Gasteiger partial charge in [-0.25, -0.2) is 4.39 Å². The van der Waals surface area contributed by atoms with Crippen molar-refractivity contribution >= 4 is 17.7 Å². The van der Waals surface area contributed by atoms with Gasteiger partial charge in [0.25, 0.3) is 5.91 Å². The van der Waals surface area contributed by atoms with E-state index in [4.69, 9.17) is 14.2 Å². The van der Waals surface area contributed by atoms with E-state index in [1.807, 2.05) is 24.3 Å². The van der Waals surface area contributed by atoms with Gasteiger partial charge in [-0.15, -0.1) is 11.8 Å². The van der Waals surface area contributed by atoms with E-state index >= 15 is 0 Å². The monoisotopic (exact) mass is 417 g/mol. The normalized spacial score (nSPS) is 18.2. The Hall–Kier alpha value is -2.09. The van der Waals surface area contributed by atoms with Gasteiger partial charge in [0.1, 0.15) is 11.6 Å². The van der Waals surface area contributed by atoms with E-state index < -0.39 is 0 Å². The number of hydrogen-bond acceptors (Lipinski definition) is 5. The molecule has 1 amide bonds. The topological polar surface area (TPSA) is 56.8 Å². The first-order valence-electron chi connectivity index (χ1n) is 9.84. The van der Waals surface area contributed by atoms with Crippen molar-refractivity contribution in [3.05, 3.63) is 58.9 Å². The Morgan fingerprint density at radius 2 is 2.17 bits per heavy atom. The van der Waals surface area contributed by atoms with Gasteiger partial charge in [-0.1, -0.05) is 12.1 Å². The third kappa shape index (κ3) is 5.10. The quantitative estimate of drug-likeness (QED) is 0.692. The lowest BCUT2D eigenvalue weighted by Gasteiger charge is -2.21. The second-order valence-corrected chi connectivity index (χ2v) is 8.17. The molecular weight excluding hydrogens is 393 g/mol. The first-order chi connectivity index (χ1) is 14.2. The lowest BCUT2D eigenvalue weighted by molar-refractivity contribution is -0.0172. The van der Waals surface area contributed by atoms with E-state index in [0.717, 1.165) is 35.7 Å². The van der Waals surface area contributed by atoms with E-state index in [1.165, 1.54) is 12.1 Å². The van der Waals surface area contributed by atoms with Gasteiger partial charge < -0.3 is 19.5 Å². The number of thioether (sulfide) groups is 1. The summed E-state index contributed by atoms with van der Waals surface area (Å²) in [7, 11) is 0. The molecule has 1 N–H and O–H groups in total. The first-order valence-corrected chi connectivity index (χ1v) is 10.8. The van der Waals surface area contributed by atoms with Crippen molar-refractivity contribution < 1.29 is 23.4 Å². The van der Waals surface area contributed by atoms with E-state index in [2.05, 4.69) is 5.32 Å². The molecule has 0 radical (unpaired) electrons. The highest BCUT2D eigenvalue weighted by molar-refractivity contribution is 7.99. The fourth-order valence-electron chi connectivity index (χ4n) is 3.59. The minimum atomic E-state index is -0.324. The Kier molecular flexibility index (Phi) is 6.69. The van der Waals surface area contributed by atoms with Crippen LogP contribution in [-0.4, -0.2) is 37.7 Å². The van der Waals surface area contributed by atoms with Crippen LogP contribution in [0.25, 0.3) is 0 Å². The van der Waals surface area contributed by atoms with Crippen molar-refractivity contribution in [2.45, 2.75) is 36.9 Å². The number of benzene rings is 2. The summed E-state index contributed by atoms with van der Waals surface area (Å²) in [5.74, 6) is 1.06. The van der Waals surface area contributed by atoms with E-state index in [9.17, 15) is 9.18 Å². The number of hydrogen-bond donors (Lipinski definition) is 1. The van der Waals surface area contributed by atoms with Crippen LogP contribution in [0.15, 0.2) is 41.3 Å². The van der Waals surface area contributed by atoms with Gasteiger partial charge in [-0.2, -0.15) is 0 Å². The molecule has 1 unspecified atom stereocenters. The van der Waals surface area contributed by atoms with Crippen LogP contribution in [0.3, 0.4) is 0 Å². The van der Waals surface area contributed by atoms with Gasteiger partial charge in [-0.05, 0) is 49.1 Å². The lowest BCUT2D eigenvalue weighted by Crippen LogP contribution is -2.26. The average molecular weight is 418 g/mol. The van der Waals surface area contributed by atoms with Crippen LogP contribution in [0.2, 0.25) is 0 Å². The molecule has 1 saturated heterocycles. The number of ether oxygens (including phenoxy) is 3. The highest BCUT2D eigenvalue weighted by atomic mass is 32.2. The molecule has 0 saturated carbocycles. The predicted molar refractivity (Wildman–Crippen MR) is 109 cm³/mol. The maximum absolute atomic E-state index is 13.9. The van der Waals surface area contributed by atoms with Crippen molar-refractivity contribution in [1.82, 2.24) is 5.32 Å². The second-order valence-electron chi connectivity index (χ2n) is 7.11. The van der Waals surface area contributed by atoms with Crippen molar-refractivity contribution in [3.63, 3.8) is 0 Å². The third-order valence-corrected chi connectivity index (χ3v) is 6.22. The standard InChI is InChI=1S/C22H24FNO4S/c23-17-10-15(21-16(11-17)12-26-14-28-21)7-8-24-22(25)19-5-1-2-6-20(19)29-13-18-4-3-9-27-18/h1-2,5-6,10-11,18H,3-4,7-9,12-14H2,(H,24,25). The molecule has 29 heavy (non-hydrogen) atoms. The number of amides is 1. The third-order valence-electron chi connectivity index (χ3n) is 5.01. The SMILES string of the molecule is O=C(NCCc1cc(F)cc2c1OCOC2)c1ccccc1SCC1CCCO1. The number of fused-ring (bicyclic) bond motifs is 1. The molecule has 2 aromatic carbocycles. The molecule has 2 aliphatic rings. The molecule has 0 aromatic heterocycles. The van der Waals surface area contributed by atoms with E-state index in [-0.39, 0.29) is 24.6 Å². The Bertz CT molecular complexity index is 870. The molecule has 0 aliphatic carbocycles. The van der Waals surface area contributed by atoms with E-state index in [0.29, 0.717) is 36.4 Å². The van der Waals surface area contributed by atoms with Crippen LogP contribution < -0.4 is 10.1 Å². The van der Waals surface area contributed by atoms with Crippen LogP contribution in [0.1, 0.15) is 34.3 Å². The number of nitrogens with one attached hydrogen (secondary N) is 1. The van der Waals surface area contributed by atoms with Crippen molar-refractivity contribution in [1.29, 1.82) is 0 Å². The molecule has 2 aromatic rings. The van der Waals surface area contributed by atoms with E-state index in [1.54, 1.807) is 11.8 Å². The number of rotatable bonds is 7. The number of carbonyl (C=O) groups excluding carboxylic acids is 1. The molecule has 4 rings (SSSR count). The maximum Gasteiger partial charge on any atom is 0.252 e. The highest BCUT2D eigenvalue weighted by Gasteiger charge is 2.19. The zero-order valence-corrected chi connectivity index (χ0v) is 16.9. The molecule has 154 valence electrons. The van der Waals surface area contributed by atoms with Gasteiger partial charge in [-0.3, -0.25) is 4.79 Å². The summed E-state index contributed by atoms with van der Waals surface area (Å²) in [5, 5.41) is 2.95. The Morgan fingerprint density at radius 1 is 1.28 bits per heavy atom. The molecular formula is C22H24FNO4S. The largest absolute Gasteiger partial charge is 0.467 e. The molecule has 0 spiro atoms. The van der Waals surface area contributed by atoms with Gasteiger partial charge in [0, 0.05) is 29.4 Å².